The van der Waals surface area contributed by atoms with Gasteiger partial charge in [0.2, 0.25) is 0 Å². The molecular weight excluding hydrogens is 236 g/mol. The van der Waals surface area contributed by atoms with Crippen molar-refractivity contribution in [3.05, 3.63) is 30.1 Å². The number of aromatic nitrogens is 1. The average Bonchev–Trinajstić information content (AvgIpc) is 2.48. The van der Waals surface area contributed by atoms with Crippen molar-refractivity contribution in [2.24, 2.45) is 5.73 Å². The third-order valence-corrected chi connectivity index (χ3v) is 3.86. The minimum absolute atomic E-state index is 0.825. The zero-order valence-electron chi connectivity index (χ0n) is 11.8. The van der Waals surface area contributed by atoms with E-state index in [2.05, 4.69) is 26.9 Å². The van der Waals surface area contributed by atoms with Gasteiger partial charge < -0.3 is 15.5 Å². The van der Waals surface area contributed by atoms with E-state index in [1.54, 1.807) is 0 Å². The predicted octanol–water partition coefficient (Wildman–Crippen LogP) is 0.981. The molecule has 2 heterocycles. The Labute approximate surface area is 116 Å². The molecule has 0 aliphatic carbocycles. The molecule has 0 atom stereocenters. The summed E-state index contributed by atoms with van der Waals surface area (Å²) in [5.41, 5.74) is 6.92. The highest BCUT2D eigenvalue weighted by Crippen LogP contribution is 2.05. The molecule has 1 fully saturated rings. The van der Waals surface area contributed by atoms with E-state index < -0.39 is 0 Å². The molecule has 19 heavy (non-hydrogen) atoms. The molecule has 0 amide bonds. The Hall–Kier alpha value is -0.970. The summed E-state index contributed by atoms with van der Waals surface area (Å²) in [7, 11) is 0. The Kier molecular flexibility index (Phi) is 6.27. The van der Waals surface area contributed by atoms with Crippen molar-refractivity contribution < 1.29 is 0 Å². The Morgan fingerprint density at radius 1 is 0.947 bits per heavy atom. The summed E-state index contributed by atoms with van der Waals surface area (Å²) < 4.78 is 0. The van der Waals surface area contributed by atoms with Gasteiger partial charge in [0.1, 0.15) is 0 Å². The van der Waals surface area contributed by atoms with E-state index in [0.29, 0.717) is 0 Å². The molecule has 1 aliphatic heterocycles. The first-order valence-corrected chi connectivity index (χ1v) is 7.42. The molecule has 4 heteroatoms. The molecule has 0 radical (unpaired) electrons. The van der Waals surface area contributed by atoms with Gasteiger partial charge in [-0.1, -0.05) is 0 Å². The van der Waals surface area contributed by atoms with Crippen LogP contribution in [0.5, 0.6) is 0 Å². The van der Waals surface area contributed by atoms with Crippen LogP contribution in [0.1, 0.15) is 18.4 Å². The maximum atomic E-state index is 5.53. The molecule has 2 rings (SSSR count). The van der Waals surface area contributed by atoms with Gasteiger partial charge >= 0.3 is 0 Å². The number of nitrogens with zero attached hydrogens (tertiary/aromatic N) is 3. The average molecular weight is 262 g/mol. The van der Waals surface area contributed by atoms with E-state index in [1.165, 1.54) is 51.3 Å². The number of rotatable bonds is 7. The van der Waals surface area contributed by atoms with Crippen LogP contribution in [0, 0.1) is 0 Å². The van der Waals surface area contributed by atoms with Crippen LogP contribution in [0.4, 0.5) is 0 Å². The van der Waals surface area contributed by atoms with Gasteiger partial charge in [-0.15, -0.1) is 0 Å². The number of hydrogen-bond acceptors (Lipinski definition) is 4. The molecule has 0 aromatic carbocycles. The second-order valence-electron chi connectivity index (χ2n) is 5.28. The number of pyridine rings is 1. The lowest BCUT2D eigenvalue weighted by molar-refractivity contribution is 0.132. The number of unbranched alkanes of at least 4 members (excludes halogenated alkanes) is 1. The monoisotopic (exact) mass is 262 g/mol. The second-order valence-corrected chi connectivity index (χ2v) is 5.28. The lowest BCUT2D eigenvalue weighted by atomic mass is 10.2. The quantitative estimate of drug-likeness (QED) is 0.744. The van der Waals surface area contributed by atoms with E-state index in [1.807, 2.05) is 12.4 Å². The summed E-state index contributed by atoms with van der Waals surface area (Å²) in [6, 6.07) is 4.23. The first kappa shape index (κ1) is 14.4. The normalized spacial score (nSPS) is 17.7. The zero-order valence-corrected chi connectivity index (χ0v) is 11.8. The van der Waals surface area contributed by atoms with E-state index >= 15 is 0 Å². The Bertz CT molecular complexity index is 333. The summed E-state index contributed by atoms with van der Waals surface area (Å²) in [5, 5.41) is 0. The highest BCUT2D eigenvalue weighted by atomic mass is 15.3. The van der Waals surface area contributed by atoms with Gasteiger partial charge in [0.05, 0.1) is 0 Å². The minimum atomic E-state index is 0.825. The van der Waals surface area contributed by atoms with Gasteiger partial charge in [-0.3, -0.25) is 4.98 Å². The predicted molar refractivity (Wildman–Crippen MR) is 79.1 cm³/mol. The zero-order chi connectivity index (χ0) is 13.3. The first-order valence-electron chi connectivity index (χ1n) is 7.42. The smallest absolute Gasteiger partial charge is 0.0270 e. The lowest BCUT2D eigenvalue weighted by Crippen LogP contribution is -2.47. The van der Waals surface area contributed by atoms with Crippen LogP contribution in [0.3, 0.4) is 0 Å². The van der Waals surface area contributed by atoms with Gasteiger partial charge in [-0.05, 0) is 50.0 Å². The molecular formula is C15H26N4. The molecule has 0 unspecified atom stereocenters. The second kappa shape index (κ2) is 8.25. The molecule has 1 saturated heterocycles. The van der Waals surface area contributed by atoms with Crippen molar-refractivity contribution >= 4 is 0 Å². The molecule has 0 bridgehead atoms. The summed E-state index contributed by atoms with van der Waals surface area (Å²) in [6.45, 7) is 8.03. The standard InChI is InChI=1S/C15H26N4/c16-6-1-2-9-18-11-13-19(14-12-18)10-5-15-3-7-17-8-4-15/h3-4,7-8H,1-2,5-6,9-14,16H2. The summed E-state index contributed by atoms with van der Waals surface area (Å²) in [6.07, 6.45) is 7.29. The largest absolute Gasteiger partial charge is 0.330 e. The van der Waals surface area contributed by atoms with Crippen LogP contribution in [0.2, 0.25) is 0 Å². The van der Waals surface area contributed by atoms with Crippen molar-refractivity contribution in [3.63, 3.8) is 0 Å². The first-order chi connectivity index (χ1) is 9.38. The van der Waals surface area contributed by atoms with Gasteiger partial charge in [0.25, 0.3) is 0 Å². The van der Waals surface area contributed by atoms with E-state index in [0.717, 1.165) is 19.4 Å². The highest BCUT2D eigenvalue weighted by Gasteiger charge is 2.15. The van der Waals surface area contributed by atoms with Crippen LogP contribution in [0.15, 0.2) is 24.5 Å². The Balaban J connectivity index is 1.61. The van der Waals surface area contributed by atoms with Crippen molar-refractivity contribution in [2.75, 3.05) is 45.8 Å². The van der Waals surface area contributed by atoms with Crippen molar-refractivity contribution in [3.8, 4) is 0 Å². The van der Waals surface area contributed by atoms with Crippen LogP contribution in [-0.4, -0.2) is 60.6 Å². The fraction of sp³-hybridized carbons (Fsp3) is 0.667. The molecule has 1 aromatic rings. The molecule has 1 aromatic heterocycles. The minimum Gasteiger partial charge on any atom is -0.330 e. The van der Waals surface area contributed by atoms with Gasteiger partial charge in [-0.2, -0.15) is 0 Å². The van der Waals surface area contributed by atoms with E-state index in [9.17, 15) is 0 Å². The number of hydrogen-bond donors (Lipinski definition) is 1. The molecule has 4 nitrogen and oxygen atoms in total. The summed E-state index contributed by atoms with van der Waals surface area (Å²) >= 11 is 0. The van der Waals surface area contributed by atoms with Gasteiger partial charge in [0, 0.05) is 45.1 Å². The number of nitrogens with two attached hydrogens (primary N) is 1. The molecule has 1 aliphatic rings. The summed E-state index contributed by atoms with van der Waals surface area (Å²) in [5.74, 6) is 0. The van der Waals surface area contributed by atoms with Crippen LogP contribution < -0.4 is 5.73 Å². The van der Waals surface area contributed by atoms with Crippen LogP contribution in [0.25, 0.3) is 0 Å². The van der Waals surface area contributed by atoms with E-state index in [-0.39, 0.29) is 0 Å². The lowest BCUT2D eigenvalue weighted by Gasteiger charge is -2.34. The Morgan fingerprint density at radius 2 is 1.58 bits per heavy atom. The molecule has 106 valence electrons. The van der Waals surface area contributed by atoms with Crippen LogP contribution >= 0.6 is 0 Å². The maximum absolute atomic E-state index is 5.53. The fourth-order valence-electron chi connectivity index (χ4n) is 2.55. The Morgan fingerprint density at radius 3 is 2.21 bits per heavy atom. The van der Waals surface area contributed by atoms with E-state index in [4.69, 9.17) is 5.73 Å². The fourth-order valence-corrected chi connectivity index (χ4v) is 2.55. The molecule has 2 N–H and O–H groups in total. The number of piperazine rings is 1. The topological polar surface area (TPSA) is 45.4 Å². The van der Waals surface area contributed by atoms with Crippen molar-refractivity contribution in [1.29, 1.82) is 0 Å². The SMILES string of the molecule is NCCCCN1CCN(CCc2ccncc2)CC1. The third-order valence-electron chi connectivity index (χ3n) is 3.86. The molecule has 0 spiro atoms. The van der Waals surface area contributed by atoms with Crippen LogP contribution in [-0.2, 0) is 6.42 Å². The maximum Gasteiger partial charge on any atom is 0.0270 e. The highest BCUT2D eigenvalue weighted by molar-refractivity contribution is 5.09. The van der Waals surface area contributed by atoms with Crippen molar-refractivity contribution in [2.45, 2.75) is 19.3 Å². The van der Waals surface area contributed by atoms with Gasteiger partial charge in [-0.25, -0.2) is 0 Å². The molecule has 0 saturated carbocycles. The van der Waals surface area contributed by atoms with Gasteiger partial charge in [0.15, 0.2) is 0 Å². The van der Waals surface area contributed by atoms with Crippen molar-refractivity contribution in [1.82, 2.24) is 14.8 Å². The third kappa shape index (κ3) is 5.27. The summed E-state index contributed by atoms with van der Waals surface area (Å²) in [4.78, 5) is 9.19.